The van der Waals surface area contributed by atoms with Crippen LogP contribution in [0.15, 0.2) is 24.3 Å². The summed E-state index contributed by atoms with van der Waals surface area (Å²) in [6, 6.07) is 7.21. The lowest BCUT2D eigenvalue weighted by Gasteiger charge is -2.36. The maximum atomic E-state index is 13.2. The van der Waals surface area contributed by atoms with Crippen molar-refractivity contribution in [3.8, 4) is 0 Å². The van der Waals surface area contributed by atoms with Crippen molar-refractivity contribution < 1.29 is 9.50 Å². The summed E-state index contributed by atoms with van der Waals surface area (Å²) in [5.41, 5.74) is 0.953. The van der Waals surface area contributed by atoms with Crippen LogP contribution >= 0.6 is 0 Å². The molecular formula is C14H20FNO. The first-order valence-corrected chi connectivity index (χ1v) is 6.41. The molecule has 0 saturated heterocycles. The van der Waals surface area contributed by atoms with E-state index in [1.807, 2.05) is 6.07 Å². The quantitative estimate of drug-likeness (QED) is 0.873. The molecule has 1 saturated carbocycles. The second-order valence-electron chi connectivity index (χ2n) is 4.73. The van der Waals surface area contributed by atoms with E-state index in [2.05, 4.69) is 11.8 Å². The van der Waals surface area contributed by atoms with Gasteiger partial charge in [-0.2, -0.15) is 0 Å². The van der Waals surface area contributed by atoms with Crippen LogP contribution in [0.3, 0.4) is 0 Å². The molecule has 3 heteroatoms. The molecule has 1 aromatic carbocycles. The predicted molar refractivity (Wildman–Crippen MR) is 67.7 cm³/mol. The zero-order valence-corrected chi connectivity index (χ0v) is 10.3. The molecule has 1 N–H and O–H groups in total. The molecule has 1 fully saturated rings. The Morgan fingerprint density at radius 2 is 2.00 bits per heavy atom. The third-order valence-electron chi connectivity index (χ3n) is 3.59. The second-order valence-corrected chi connectivity index (χ2v) is 4.73. The highest BCUT2D eigenvalue weighted by atomic mass is 19.1. The zero-order valence-electron chi connectivity index (χ0n) is 10.3. The molecular weight excluding hydrogens is 217 g/mol. The van der Waals surface area contributed by atoms with Crippen LogP contribution < -0.4 is 4.90 Å². The average molecular weight is 237 g/mol. The minimum absolute atomic E-state index is 0.141. The van der Waals surface area contributed by atoms with Gasteiger partial charge in [0.15, 0.2) is 0 Å². The summed E-state index contributed by atoms with van der Waals surface area (Å²) in [6.07, 6.45) is 3.56. The fourth-order valence-corrected chi connectivity index (χ4v) is 2.68. The second kappa shape index (κ2) is 5.50. The van der Waals surface area contributed by atoms with Crippen LogP contribution in [0, 0.1) is 5.82 Å². The van der Waals surface area contributed by atoms with Crippen LogP contribution in [-0.4, -0.2) is 23.8 Å². The fourth-order valence-electron chi connectivity index (χ4n) is 2.68. The predicted octanol–water partition coefficient (Wildman–Crippen LogP) is 2.96. The maximum absolute atomic E-state index is 13.2. The first-order valence-electron chi connectivity index (χ1n) is 6.41. The number of rotatable bonds is 3. The molecule has 1 aromatic rings. The average Bonchev–Trinajstić information content (AvgIpc) is 2.33. The number of aliphatic hydroxyl groups is 1. The number of anilines is 1. The molecule has 1 aliphatic rings. The molecule has 0 aromatic heterocycles. The first kappa shape index (κ1) is 12.4. The molecule has 0 spiro atoms. The van der Waals surface area contributed by atoms with Gasteiger partial charge in [0.25, 0.3) is 0 Å². The molecule has 2 rings (SSSR count). The number of hydrogen-bond acceptors (Lipinski definition) is 2. The molecule has 0 amide bonds. The molecule has 0 atom stereocenters. The summed E-state index contributed by atoms with van der Waals surface area (Å²) in [5, 5.41) is 9.52. The van der Waals surface area contributed by atoms with Crippen molar-refractivity contribution in [1.29, 1.82) is 0 Å². The largest absolute Gasteiger partial charge is 0.393 e. The van der Waals surface area contributed by atoms with Gasteiger partial charge in [0.2, 0.25) is 0 Å². The van der Waals surface area contributed by atoms with Gasteiger partial charge in [-0.15, -0.1) is 0 Å². The molecule has 94 valence electrons. The number of hydrogen-bond donors (Lipinski definition) is 1. The van der Waals surface area contributed by atoms with Gasteiger partial charge in [-0.05, 0) is 50.8 Å². The van der Waals surface area contributed by atoms with Crippen molar-refractivity contribution in [2.45, 2.75) is 44.8 Å². The Balaban J connectivity index is 2.10. The lowest BCUT2D eigenvalue weighted by molar-refractivity contribution is 0.122. The SMILES string of the molecule is CCN(c1cccc(F)c1)C1CCC(O)CC1. The van der Waals surface area contributed by atoms with Gasteiger partial charge in [0, 0.05) is 18.3 Å². The molecule has 0 unspecified atom stereocenters. The fraction of sp³-hybridized carbons (Fsp3) is 0.571. The van der Waals surface area contributed by atoms with Crippen LogP contribution in [0.2, 0.25) is 0 Å². The molecule has 0 heterocycles. The van der Waals surface area contributed by atoms with E-state index in [4.69, 9.17) is 0 Å². The summed E-state index contributed by atoms with van der Waals surface area (Å²) < 4.78 is 13.2. The summed E-state index contributed by atoms with van der Waals surface area (Å²) >= 11 is 0. The summed E-state index contributed by atoms with van der Waals surface area (Å²) in [4.78, 5) is 2.24. The first-order chi connectivity index (χ1) is 8.20. The number of halogens is 1. The van der Waals surface area contributed by atoms with Gasteiger partial charge >= 0.3 is 0 Å². The highest BCUT2D eigenvalue weighted by Crippen LogP contribution is 2.27. The van der Waals surface area contributed by atoms with Crippen LogP contribution in [0.4, 0.5) is 10.1 Å². The van der Waals surface area contributed by atoms with Crippen molar-refractivity contribution >= 4 is 5.69 Å². The van der Waals surface area contributed by atoms with Crippen LogP contribution in [0.25, 0.3) is 0 Å². The Bertz CT molecular complexity index is 361. The van der Waals surface area contributed by atoms with Crippen molar-refractivity contribution in [3.63, 3.8) is 0 Å². The Hall–Kier alpha value is -1.09. The molecule has 2 nitrogen and oxygen atoms in total. The third-order valence-corrected chi connectivity index (χ3v) is 3.59. The van der Waals surface area contributed by atoms with E-state index in [9.17, 15) is 9.50 Å². The normalized spacial score (nSPS) is 24.6. The smallest absolute Gasteiger partial charge is 0.125 e. The maximum Gasteiger partial charge on any atom is 0.125 e. The summed E-state index contributed by atoms with van der Waals surface area (Å²) in [5.74, 6) is -0.184. The molecule has 0 radical (unpaired) electrons. The van der Waals surface area contributed by atoms with Gasteiger partial charge < -0.3 is 10.0 Å². The van der Waals surface area contributed by atoms with Gasteiger partial charge in [-0.25, -0.2) is 4.39 Å². The van der Waals surface area contributed by atoms with E-state index in [1.165, 1.54) is 6.07 Å². The zero-order chi connectivity index (χ0) is 12.3. The Morgan fingerprint density at radius 1 is 1.29 bits per heavy atom. The Kier molecular flexibility index (Phi) is 4.00. The molecule has 0 bridgehead atoms. The number of aliphatic hydroxyl groups excluding tert-OH is 1. The van der Waals surface area contributed by atoms with Crippen molar-refractivity contribution in [3.05, 3.63) is 30.1 Å². The number of nitrogens with zero attached hydrogens (tertiary/aromatic N) is 1. The van der Waals surface area contributed by atoms with Gasteiger partial charge in [-0.1, -0.05) is 6.07 Å². The van der Waals surface area contributed by atoms with E-state index >= 15 is 0 Å². The highest BCUT2D eigenvalue weighted by Gasteiger charge is 2.24. The van der Waals surface area contributed by atoms with E-state index < -0.39 is 0 Å². The monoisotopic (exact) mass is 237 g/mol. The number of benzene rings is 1. The lowest BCUT2D eigenvalue weighted by Crippen LogP contribution is -2.39. The van der Waals surface area contributed by atoms with Gasteiger partial charge in [0.05, 0.1) is 6.10 Å². The van der Waals surface area contributed by atoms with Crippen molar-refractivity contribution in [2.24, 2.45) is 0 Å². The molecule has 17 heavy (non-hydrogen) atoms. The Morgan fingerprint density at radius 3 is 2.59 bits per heavy atom. The minimum atomic E-state index is -0.184. The summed E-state index contributed by atoms with van der Waals surface area (Å²) in [7, 11) is 0. The van der Waals surface area contributed by atoms with Crippen molar-refractivity contribution in [2.75, 3.05) is 11.4 Å². The van der Waals surface area contributed by atoms with E-state index in [-0.39, 0.29) is 11.9 Å². The summed E-state index contributed by atoms with van der Waals surface area (Å²) in [6.45, 7) is 2.97. The third kappa shape index (κ3) is 2.97. The molecule has 1 aliphatic carbocycles. The van der Waals surface area contributed by atoms with Gasteiger partial charge in [-0.3, -0.25) is 0 Å². The van der Waals surface area contributed by atoms with E-state index in [1.54, 1.807) is 12.1 Å². The van der Waals surface area contributed by atoms with E-state index in [0.717, 1.165) is 37.9 Å². The highest BCUT2D eigenvalue weighted by molar-refractivity contribution is 5.47. The van der Waals surface area contributed by atoms with Crippen LogP contribution in [-0.2, 0) is 0 Å². The Labute approximate surface area is 102 Å². The molecule has 0 aliphatic heterocycles. The standard InChI is InChI=1S/C14H20FNO/c1-2-16(12-6-8-14(17)9-7-12)13-5-3-4-11(15)10-13/h3-5,10,12,14,17H,2,6-9H2,1H3. The van der Waals surface area contributed by atoms with Crippen molar-refractivity contribution in [1.82, 2.24) is 0 Å². The van der Waals surface area contributed by atoms with E-state index in [0.29, 0.717) is 6.04 Å². The van der Waals surface area contributed by atoms with Crippen LogP contribution in [0.5, 0.6) is 0 Å². The lowest BCUT2D eigenvalue weighted by atomic mass is 9.91. The topological polar surface area (TPSA) is 23.5 Å². The van der Waals surface area contributed by atoms with Gasteiger partial charge in [0.1, 0.15) is 5.82 Å². The van der Waals surface area contributed by atoms with Crippen LogP contribution in [0.1, 0.15) is 32.6 Å². The minimum Gasteiger partial charge on any atom is -0.393 e.